The molecule has 0 fully saturated rings. The molecule has 1 rings (SSSR count). The number of hydrogen-bond acceptors (Lipinski definition) is 2. The van der Waals surface area contributed by atoms with Crippen molar-refractivity contribution in [3.63, 3.8) is 0 Å². The molecule has 0 aliphatic heterocycles. The van der Waals surface area contributed by atoms with Crippen molar-refractivity contribution in [2.24, 2.45) is 5.92 Å². The first-order valence-electron chi connectivity index (χ1n) is 7.10. The fourth-order valence-corrected chi connectivity index (χ4v) is 2.50. The van der Waals surface area contributed by atoms with Crippen LogP contribution in [0.4, 0.5) is 0 Å². The summed E-state index contributed by atoms with van der Waals surface area (Å²) >= 11 is 0. The molecule has 0 aromatic heterocycles. The Morgan fingerprint density at radius 2 is 1.83 bits per heavy atom. The molecular formula is C16H27NO. The van der Waals surface area contributed by atoms with Gasteiger partial charge < -0.3 is 10.1 Å². The third-order valence-corrected chi connectivity index (χ3v) is 3.47. The number of benzene rings is 1. The summed E-state index contributed by atoms with van der Waals surface area (Å²) < 4.78 is 5.49. The van der Waals surface area contributed by atoms with Crippen LogP contribution in [0, 0.1) is 5.92 Å². The third kappa shape index (κ3) is 4.34. The highest BCUT2D eigenvalue weighted by Crippen LogP contribution is 2.28. The highest BCUT2D eigenvalue weighted by atomic mass is 16.5. The quantitative estimate of drug-likeness (QED) is 0.756. The molecule has 0 spiro atoms. The minimum atomic E-state index is 0.589. The molecule has 2 heteroatoms. The Labute approximate surface area is 112 Å². The van der Waals surface area contributed by atoms with E-state index in [9.17, 15) is 0 Å². The minimum absolute atomic E-state index is 0.589. The van der Waals surface area contributed by atoms with Gasteiger partial charge in [0.1, 0.15) is 5.75 Å². The molecule has 0 bridgehead atoms. The summed E-state index contributed by atoms with van der Waals surface area (Å²) in [6.07, 6.45) is 2.53. The van der Waals surface area contributed by atoms with E-state index in [1.54, 1.807) is 0 Å². The van der Waals surface area contributed by atoms with E-state index >= 15 is 0 Å². The largest absolute Gasteiger partial charge is 0.494 e. The molecule has 0 aliphatic carbocycles. The Balaban J connectivity index is 2.78. The van der Waals surface area contributed by atoms with Crippen LogP contribution in [-0.4, -0.2) is 20.2 Å². The second-order valence-electron chi connectivity index (χ2n) is 4.93. The van der Waals surface area contributed by atoms with Crippen LogP contribution in [0.1, 0.15) is 45.1 Å². The molecule has 1 N–H and O–H groups in total. The van der Waals surface area contributed by atoms with Gasteiger partial charge in [-0.15, -0.1) is 0 Å². The van der Waals surface area contributed by atoms with Crippen molar-refractivity contribution >= 4 is 0 Å². The standard InChI is InChI=1S/C16H27NO/c1-5-7-13(3)16(12-17-4)14-8-10-15(11-9-14)18-6-2/h8-11,13,16-17H,5-7,12H2,1-4H3. The molecule has 2 nitrogen and oxygen atoms in total. The molecule has 0 saturated heterocycles. The SMILES string of the molecule is CCCC(C)C(CNC)c1ccc(OCC)cc1. The van der Waals surface area contributed by atoms with Crippen molar-refractivity contribution in [3.05, 3.63) is 29.8 Å². The van der Waals surface area contributed by atoms with Crippen LogP contribution in [0.15, 0.2) is 24.3 Å². The van der Waals surface area contributed by atoms with Crippen LogP contribution in [0.5, 0.6) is 5.75 Å². The first-order valence-corrected chi connectivity index (χ1v) is 7.10. The van der Waals surface area contributed by atoms with Gasteiger partial charge >= 0.3 is 0 Å². The van der Waals surface area contributed by atoms with Crippen molar-refractivity contribution in [2.45, 2.75) is 39.5 Å². The summed E-state index contributed by atoms with van der Waals surface area (Å²) in [5, 5.41) is 3.31. The van der Waals surface area contributed by atoms with Crippen LogP contribution in [0.3, 0.4) is 0 Å². The molecule has 0 aliphatic rings. The first kappa shape index (κ1) is 15.0. The van der Waals surface area contributed by atoms with Crippen LogP contribution in [-0.2, 0) is 0 Å². The van der Waals surface area contributed by atoms with E-state index in [0.717, 1.165) is 18.9 Å². The lowest BCUT2D eigenvalue weighted by Gasteiger charge is -2.24. The van der Waals surface area contributed by atoms with Crippen LogP contribution in [0.25, 0.3) is 0 Å². The number of likely N-dealkylation sites (N-methyl/N-ethyl adjacent to an activating group) is 1. The Morgan fingerprint density at radius 1 is 1.17 bits per heavy atom. The molecule has 0 radical (unpaired) electrons. The molecule has 0 amide bonds. The first-order chi connectivity index (χ1) is 8.72. The van der Waals surface area contributed by atoms with E-state index in [0.29, 0.717) is 11.8 Å². The van der Waals surface area contributed by atoms with Gasteiger partial charge in [-0.1, -0.05) is 38.8 Å². The zero-order valence-electron chi connectivity index (χ0n) is 12.2. The molecule has 0 heterocycles. The molecule has 1 aromatic rings. The molecule has 2 unspecified atom stereocenters. The number of hydrogen-bond donors (Lipinski definition) is 1. The van der Waals surface area contributed by atoms with Gasteiger partial charge in [0.25, 0.3) is 0 Å². The summed E-state index contributed by atoms with van der Waals surface area (Å²) in [5.74, 6) is 2.26. The normalized spacial score (nSPS) is 14.2. The lowest BCUT2D eigenvalue weighted by atomic mass is 9.84. The summed E-state index contributed by atoms with van der Waals surface area (Å²) in [6.45, 7) is 8.38. The predicted molar refractivity (Wildman–Crippen MR) is 78.4 cm³/mol. The van der Waals surface area contributed by atoms with Crippen molar-refractivity contribution in [1.29, 1.82) is 0 Å². The molecule has 0 saturated carbocycles. The molecule has 2 atom stereocenters. The molecule has 102 valence electrons. The van der Waals surface area contributed by atoms with Crippen LogP contribution >= 0.6 is 0 Å². The minimum Gasteiger partial charge on any atom is -0.494 e. The number of rotatable bonds is 8. The van der Waals surface area contributed by atoms with E-state index < -0.39 is 0 Å². The second kappa shape index (κ2) is 8.15. The molecular weight excluding hydrogens is 222 g/mol. The van der Waals surface area contributed by atoms with Gasteiger partial charge in [0, 0.05) is 6.54 Å². The van der Waals surface area contributed by atoms with Crippen molar-refractivity contribution in [2.75, 3.05) is 20.2 Å². The summed E-state index contributed by atoms with van der Waals surface area (Å²) in [6, 6.07) is 8.58. The summed E-state index contributed by atoms with van der Waals surface area (Å²) in [7, 11) is 2.03. The Bertz CT molecular complexity index is 320. The second-order valence-corrected chi connectivity index (χ2v) is 4.93. The summed E-state index contributed by atoms with van der Waals surface area (Å²) in [4.78, 5) is 0. The highest BCUT2D eigenvalue weighted by Gasteiger charge is 2.17. The van der Waals surface area contributed by atoms with Crippen LogP contribution < -0.4 is 10.1 Å². The zero-order chi connectivity index (χ0) is 13.4. The van der Waals surface area contributed by atoms with E-state index in [4.69, 9.17) is 4.74 Å². The van der Waals surface area contributed by atoms with E-state index in [1.165, 1.54) is 18.4 Å². The topological polar surface area (TPSA) is 21.3 Å². The van der Waals surface area contributed by atoms with E-state index in [-0.39, 0.29) is 0 Å². The predicted octanol–water partition coefficient (Wildman–Crippen LogP) is 3.82. The molecule has 18 heavy (non-hydrogen) atoms. The fraction of sp³-hybridized carbons (Fsp3) is 0.625. The fourth-order valence-electron chi connectivity index (χ4n) is 2.50. The Kier molecular flexibility index (Phi) is 6.81. The van der Waals surface area contributed by atoms with Gasteiger partial charge in [-0.25, -0.2) is 0 Å². The maximum absolute atomic E-state index is 5.49. The Morgan fingerprint density at radius 3 is 2.33 bits per heavy atom. The van der Waals surface area contributed by atoms with Gasteiger partial charge in [-0.3, -0.25) is 0 Å². The van der Waals surface area contributed by atoms with Gasteiger partial charge in [0.15, 0.2) is 0 Å². The van der Waals surface area contributed by atoms with E-state index in [2.05, 4.69) is 43.4 Å². The maximum atomic E-state index is 5.49. The van der Waals surface area contributed by atoms with Crippen LogP contribution in [0.2, 0.25) is 0 Å². The average Bonchev–Trinajstić information content (AvgIpc) is 2.38. The zero-order valence-corrected chi connectivity index (χ0v) is 12.2. The lowest BCUT2D eigenvalue weighted by Crippen LogP contribution is -2.22. The number of nitrogens with one attached hydrogen (secondary N) is 1. The van der Waals surface area contributed by atoms with E-state index in [1.807, 2.05) is 14.0 Å². The van der Waals surface area contributed by atoms with Crippen molar-refractivity contribution < 1.29 is 4.74 Å². The lowest BCUT2D eigenvalue weighted by molar-refractivity contribution is 0.339. The van der Waals surface area contributed by atoms with Gasteiger partial charge in [-0.05, 0) is 43.5 Å². The van der Waals surface area contributed by atoms with Gasteiger partial charge in [0.2, 0.25) is 0 Å². The number of ether oxygens (including phenoxy) is 1. The van der Waals surface area contributed by atoms with Gasteiger partial charge in [0.05, 0.1) is 6.61 Å². The maximum Gasteiger partial charge on any atom is 0.119 e. The molecule has 1 aromatic carbocycles. The highest BCUT2D eigenvalue weighted by molar-refractivity contribution is 5.30. The smallest absolute Gasteiger partial charge is 0.119 e. The van der Waals surface area contributed by atoms with Crippen molar-refractivity contribution in [1.82, 2.24) is 5.32 Å². The summed E-state index contributed by atoms with van der Waals surface area (Å²) in [5.41, 5.74) is 1.41. The van der Waals surface area contributed by atoms with Crippen molar-refractivity contribution in [3.8, 4) is 5.75 Å². The Hall–Kier alpha value is -1.02. The van der Waals surface area contributed by atoms with Gasteiger partial charge in [-0.2, -0.15) is 0 Å². The average molecular weight is 249 g/mol. The third-order valence-electron chi connectivity index (χ3n) is 3.47. The monoisotopic (exact) mass is 249 g/mol.